The molecule has 2 atom stereocenters. The summed E-state index contributed by atoms with van der Waals surface area (Å²) in [5.74, 6) is 0. The number of urea groups is 1. The van der Waals surface area contributed by atoms with E-state index in [1.165, 1.54) is 0 Å². The molecule has 0 saturated carbocycles. The van der Waals surface area contributed by atoms with Crippen molar-refractivity contribution in [2.45, 2.75) is 30.9 Å². The molecule has 1 spiro atoms. The van der Waals surface area contributed by atoms with Crippen LogP contribution in [0.15, 0.2) is 36.7 Å². The average Bonchev–Trinajstić information content (AvgIpc) is 3.28. The van der Waals surface area contributed by atoms with Gasteiger partial charge in [0.2, 0.25) is 0 Å². The normalized spacial score (nSPS) is 25.8. The topological polar surface area (TPSA) is 90.3 Å². The van der Waals surface area contributed by atoms with Crippen LogP contribution in [0.25, 0.3) is 5.69 Å². The second-order valence-corrected chi connectivity index (χ2v) is 6.52. The summed E-state index contributed by atoms with van der Waals surface area (Å²) in [5.41, 5.74) is 1.40. The van der Waals surface area contributed by atoms with Crippen molar-refractivity contribution in [3.8, 4) is 5.69 Å². The molecule has 8 nitrogen and oxygen atoms in total. The number of benzene rings is 1. The van der Waals surface area contributed by atoms with Crippen LogP contribution in [-0.2, 0) is 9.47 Å². The van der Waals surface area contributed by atoms with Gasteiger partial charge < -0.3 is 20.1 Å². The number of carbonyl (C=O) groups is 1. The molecule has 0 bridgehead atoms. The maximum Gasteiger partial charge on any atom is 0.319 e. The lowest BCUT2D eigenvalue weighted by molar-refractivity contribution is -0.0877. The molecule has 2 fully saturated rings. The number of anilines is 1. The first-order valence-electron chi connectivity index (χ1n) is 8.48. The van der Waals surface area contributed by atoms with Crippen molar-refractivity contribution >= 4 is 11.7 Å². The molecule has 2 amide bonds. The highest BCUT2D eigenvalue weighted by Gasteiger charge is 2.41. The van der Waals surface area contributed by atoms with Crippen molar-refractivity contribution in [2.24, 2.45) is 0 Å². The van der Waals surface area contributed by atoms with Crippen LogP contribution in [0.4, 0.5) is 10.5 Å². The quantitative estimate of drug-likeness (QED) is 0.886. The lowest BCUT2D eigenvalue weighted by Gasteiger charge is -2.37. The number of nitrogens with one attached hydrogen (secondary N) is 2. The van der Waals surface area contributed by atoms with E-state index < -0.39 is 0 Å². The van der Waals surface area contributed by atoms with E-state index in [9.17, 15) is 4.79 Å². The zero-order valence-electron chi connectivity index (χ0n) is 13.9. The Morgan fingerprint density at radius 3 is 2.88 bits per heavy atom. The van der Waals surface area contributed by atoms with Crippen LogP contribution in [0.5, 0.6) is 0 Å². The second-order valence-electron chi connectivity index (χ2n) is 6.52. The Balaban J connectivity index is 1.32. The number of hydrogen-bond acceptors (Lipinski definition) is 5. The van der Waals surface area contributed by atoms with Gasteiger partial charge in [0.05, 0.1) is 30.3 Å². The van der Waals surface area contributed by atoms with E-state index in [0.717, 1.165) is 37.2 Å². The zero-order chi connectivity index (χ0) is 17.1. The van der Waals surface area contributed by atoms with Crippen molar-refractivity contribution in [1.29, 1.82) is 0 Å². The molecule has 132 valence electrons. The third kappa shape index (κ3) is 3.64. The molecule has 2 saturated heterocycles. The Morgan fingerprint density at radius 2 is 2.16 bits per heavy atom. The van der Waals surface area contributed by atoms with Crippen molar-refractivity contribution in [3.63, 3.8) is 0 Å². The predicted molar refractivity (Wildman–Crippen MR) is 90.7 cm³/mol. The monoisotopic (exact) mass is 343 g/mol. The minimum Gasteiger partial charge on any atom is -0.378 e. The first-order valence-corrected chi connectivity index (χ1v) is 8.48. The van der Waals surface area contributed by atoms with Gasteiger partial charge >= 0.3 is 6.03 Å². The fourth-order valence-electron chi connectivity index (χ4n) is 3.41. The third-order valence-electron chi connectivity index (χ3n) is 4.71. The first kappa shape index (κ1) is 16.0. The maximum absolute atomic E-state index is 12.3. The Labute approximate surface area is 145 Å². The molecule has 0 radical (unpaired) electrons. The SMILES string of the molecule is O=C(Nc1ccc(-n2ccnn2)cc1)NC1CCOC2(CCOC2)C1. The zero-order valence-corrected chi connectivity index (χ0v) is 13.9. The van der Waals surface area contributed by atoms with Gasteiger partial charge in [0.25, 0.3) is 0 Å². The summed E-state index contributed by atoms with van der Waals surface area (Å²) in [6, 6.07) is 7.34. The van der Waals surface area contributed by atoms with Gasteiger partial charge in [-0.3, -0.25) is 0 Å². The van der Waals surface area contributed by atoms with Crippen LogP contribution >= 0.6 is 0 Å². The molecular formula is C17H21N5O3. The highest BCUT2D eigenvalue weighted by Crippen LogP contribution is 2.32. The lowest BCUT2D eigenvalue weighted by Crippen LogP contribution is -2.49. The number of aromatic nitrogens is 3. The molecule has 1 aromatic carbocycles. The van der Waals surface area contributed by atoms with Crippen LogP contribution < -0.4 is 10.6 Å². The molecule has 2 aliphatic rings. The molecule has 2 N–H and O–H groups in total. The van der Waals surface area contributed by atoms with Crippen LogP contribution in [0.1, 0.15) is 19.3 Å². The minimum atomic E-state index is -0.213. The Kier molecular flexibility index (Phi) is 4.37. The number of hydrogen-bond donors (Lipinski definition) is 2. The lowest BCUT2D eigenvalue weighted by atomic mass is 9.90. The molecule has 4 rings (SSSR count). The van der Waals surface area contributed by atoms with E-state index in [1.807, 2.05) is 24.3 Å². The van der Waals surface area contributed by atoms with Crippen molar-refractivity contribution in [2.75, 3.05) is 25.1 Å². The standard InChI is InChI=1S/C17H21N5O3/c23-16(20-14-5-9-25-17(11-14)6-10-24-12-17)19-13-1-3-15(4-2-13)22-8-7-18-21-22/h1-4,7-8,14H,5-6,9-12H2,(H2,19,20,23). The number of rotatable bonds is 3. The smallest absolute Gasteiger partial charge is 0.319 e. The summed E-state index contributed by atoms with van der Waals surface area (Å²) in [4.78, 5) is 12.3. The van der Waals surface area contributed by atoms with E-state index in [-0.39, 0.29) is 17.7 Å². The van der Waals surface area contributed by atoms with Gasteiger partial charge in [-0.2, -0.15) is 0 Å². The highest BCUT2D eigenvalue weighted by molar-refractivity contribution is 5.89. The summed E-state index contributed by atoms with van der Waals surface area (Å²) >= 11 is 0. The molecule has 25 heavy (non-hydrogen) atoms. The molecule has 8 heteroatoms. The van der Waals surface area contributed by atoms with Gasteiger partial charge in [-0.05, 0) is 37.1 Å². The van der Waals surface area contributed by atoms with E-state index in [1.54, 1.807) is 17.1 Å². The highest BCUT2D eigenvalue weighted by atomic mass is 16.6. The molecule has 1 aromatic heterocycles. The average molecular weight is 343 g/mol. The number of carbonyl (C=O) groups excluding carboxylic acids is 1. The fourth-order valence-corrected chi connectivity index (χ4v) is 3.41. The number of ether oxygens (including phenoxy) is 2. The Bertz CT molecular complexity index is 710. The van der Waals surface area contributed by atoms with Gasteiger partial charge in [0.15, 0.2) is 0 Å². The molecular weight excluding hydrogens is 322 g/mol. The summed E-state index contributed by atoms with van der Waals surface area (Å²) in [7, 11) is 0. The Morgan fingerprint density at radius 1 is 1.28 bits per heavy atom. The van der Waals surface area contributed by atoms with Gasteiger partial charge in [0.1, 0.15) is 0 Å². The molecule has 2 aromatic rings. The van der Waals surface area contributed by atoms with Crippen molar-refractivity contribution < 1.29 is 14.3 Å². The summed E-state index contributed by atoms with van der Waals surface area (Å²) in [6.07, 6.45) is 5.90. The number of nitrogens with zero attached hydrogens (tertiary/aromatic N) is 3. The van der Waals surface area contributed by atoms with E-state index in [4.69, 9.17) is 9.47 Å². The van der Waals surface area contributed by atoms with Crippen LogP contribution in [0.3, 0.4) is 0 Å². The molecule has 2 aliphatic heterocycles. The van der Waals surface area contributed by atoms with Crippen LogP contribution in [-0.4, -0.2) is 52.5 Å². The maximum atomic E-state index is 12.3. The Hall–Kier alpha value is -2.45. The molecule has 2 unspecified atom stereocenters. The largest absolute Gasteiger partial charge is 0.378 e. The van der Waals surface area contributed by atoms with Gasteiger partial charge in [-0.15, -0.1) is 5.10 Å². The fraction of sp³-hybridized carbons (Fsp3) is 0.471. The number of amides is 2. The predicted octanol–water partition coefficient (Wildman–Crippen LogP) is 1.73. The second kappa shape index (κ2) is 6.81. The van der Waals surface area contributed by atoms with Crippen LogP contribution in [0.2, 0.25) is 0 Å². The van der Waals surface area contributed by atoms with Crippen molar-refractivity contribution in [3.05, 3.63) is 36.7 Å². The van der Waals surface area contributed by atoms with Gasteiger partial charge in [0, 0.05) is 31.4 Å². The van der Waals surface area contributed by atoms with Gasteiger partial charge in [-0.25, -0.2) is 9.48 Å². The molecule has 3 heterocycles. The first-order chi connectivity index (χ1) is 12.2. The van der Waals surface area contributed by atoms with Crippen LogP contribution in [0, 0.1) is 0 Å². The minimum absolute atomic E-state index is 0.102. The van der Waals surface area contributed by atoms with Gasteiger partial charge in [-0.1, -0.05) is 5.21 Å². The summed E-state index contributed by atoms with van der Waals surface area (Å²) in [5, 5.41) is 13.6. The summed E-state index contributed by atoms with van der Waals surface area (Å²) in [6.45, 7) is 2.01. The molecule has 0 aliphatic carbocycles. The summed E-state index contributed by atoms with van der Waals surface area (Å²) < 4.78 is 13.0. The third-order valence-corrected chi connectivity index (χ3v) is 4.71. The van der Waals surface area contributed by atoms with E-state index in [0.29, 0.717) is 13.2 Å². The van der Waals surface area contributed by atoms with E-state index >= 15 is 0 Å². The van der Waals surface area contributed by atoms with E-state index in [2.05, 4.69) is 20.9 Å². The van der Waals surface area contributed by atoms with Crippen molar-refractivity contribution in [1.82, 2.24) is 20.3 Å².